The second-order valence-electron chi connectivity index (χ2n) is 1.85. The van der Waals surface area contributed by atoms with Crippen molar-refractivity contribution in [3.8, 4) is 0 Å². The second kappa shape index (κ2) is 3.49. The fourth-order valence-electron chi connectivity index (χ4n) is 0.608. The molecule has 1 aromatic carbocycles. The first-order chi connectivity index (χ1) is 4.70. The molecule has 0 amide bonds. The van der Waals surface area contributed by atoms with Gasteiger partial charge in [0.05, 0.1) is 3.74 Å². The van der Waals surface area contributed by atoms with Crippen molar-refractivity contribution in [2.45, 2.75) is 3.74 Å². The minimum atomic E-state index is -0.204. The Bertz CT molecular complexity index is 205. The molecule has 0 saturated carbocycles. The molecule has 0 atom stereocenters. The molecule has 10 heavy (non-hydrogen) atoms. The third-order valence-electron chi connectivity index (χ3n) is 1.12. The summed E-state index contributed by atoms with van der Waals surface area (Å²) in [6.07, 6.45) is 0. The molecule has 1 aromatic rings. The van der Waals surface area contributed by atoms with E-state index < -0.39 is 0 Å². The van der Waals surface area contributed by atoms with Gasteiger partial charge in [-0.1, -0.05) is 44.0 Å². The highest BCUT2D eigenvalue weighted by Crippen LogP contribution is 2.28. The van der Waals surface area contributed by atoms with E-state index >= 15 is 0 Å². The van der Waals surface area contributed by atoms with Crippen LogP contribution in [0.2, 0.25) is 0 Å². The Kier molecular flexibility index (Phi) is 2.86. The van der Waals surface area contributed by atoms with Crippen LogP contribution >= 0.6 is 31.9 Å². The van der Waals surface area contributed by atoms with Gasteiger partial charge in [-0.25, -0.2) is 4.39 Å². The summed E-state index contributed by atoms with van der Waals surface area (Å²) in [5.74, 6) is -0.204. The summed E-state index contributed by atoms with van der Waals surface area (Å²) in [5.41, 5.74) is 1.02. The van der Waals surface area contributed by atoms with Crippen LogP contribution in [0.5, 0.6) is 0 Å². The first kappa shape index (κ1) is 8.21. The van der Waals surface area contributed by atoms with Crippen LogP contribution in [0.25, 0.3) is 0 Å². The van der Waals surface area contributed by atoms with Gasteiger partial charge in [-0.2, -0.15) is 0 Å². The van der Waals surface area contributed by atoms with Gasteiger partial charge in [0.15, 0.2) is 0 Å². The Morgan fingerprint density at radius 1 is 1.10 bits per heavy atom. The molecule has 0 aliphatic rings. The molecule has 3 heteroatoms. The molecule has 0 bridgehead atoms. The summed E-state index contributed by atoms with van der Waals surface area (Å²) in [4.78, 5) is 0. The van der Waals surface area contributed by atoms with E-state index in [2.05, 4.69) is 31.9 Å². The summed E-state index contributed by atoms with van der Waals surface area (Å²) in [5, 5.41) is 0. The smallest absolute Gasteiger partial charge is 0.123 e. The van der Waals surface area contributed by atoms with Crippen LogP contribution in [0, 0.1) is 5.82 Å². The number of benzene rings is 1. The largest absolute Gasteiger partial charge is 0.207 e. The lowest BCUT2D eigenvalue weighted by molar-refractivity contribution is 0.627. The normalized spacial score (nSPS) is 10.4. The predicted octanol–water partition coefficient (Wildman–Crippen LogP) is 3.61. The van der Waals surface area contributed by atoms with Crippen LogP contribution < -0.4 is 0 Å². The van der Waals surface area contributed by atoms with Crippen molar-refractivity contribution in [3.05, 3.63) is 35.6 Å². The van der Waals surface area contributed by atoms with E-state index in [9.17, 15) is 4.39 Å². The average Bonchev–Trinajstić information content (AvgIpc) is 1.88. The Morgan fingerprint density at radius 2 is 1.60 bits per heavy atom. The van der Waals surface area contributed by atoms with Crippen LogP contribution in [-0.4, -0.2) is 0 Å². The van der Waals surface area contributed by atoms with E-state index in [1.807, 2.05) is 0 Å². The molecule has 1 rings (SSSR count). The van der Waals surface area contributed by atoms with Crippen molar-refractivity contribution in [1.82, 2.24) is 0 Å². The highest BCUT2D eigenvalue weighted by Gasteiger charge is 2.00. The van der Waals surface area contributed by atoms with Gasteiger partial charge in [0.2, 0.25) is 0 Å². The fraction of sp³-hybridized carbons (Fsp3) is 0.143. The molecule has 0 fully saturated rings. The maximum atomic E-state index is 12.3. The lowest BCUT2D eigenvalue weighted by Gasteiger charge is -1.99. The Labute approximate surface area is 75.7 Å². The number of hydrogen-bond donors (Lipinski definition) is 0. The Morgan fingerprint density at radius 3 is 2.00 bits per heavy atom. The van der Waals surface area contributed by atoms with Crippen LogP contribution in [0.1, 0.15) is 9.30 Å². The van der Waals surface area contributed by atoms with Crippen LogP contribution in [-0.2, 0) is 0 Å². The highest BCUT2D eigenvalue weighted by atomic mass is 79.9. The number of alkyl halides is 2. The first-order valence-corrected chi connectivity index (χ1v) is 4.57. The van der Waals surface area contributed by atoms with Crippen LogP contribution in [0.15, 0.2) is 24.3 Å². The van der Waals surface area contributed by atoms with Crippen LogP contribution in [0.4, 0.5) is 4.39 Å². The molecule has 0 aliphatic carbocycles. The summed E-state index contributed by atoms with van der Waals surface area (Å²) in [7, 11) is 0. The Hall–Kier alpha value is 0.110. The molecule has 0 spiro atoms. The van der Waals surface area contributed by atoms with Crippen molar-refractivity contribution in [1.29, 1.82) is 0 Å². The molecule has 0 unspecified atom stereocenters. The van der Waals surface area contributed by atoms with E-state index in [0.29, 0.717) is 0 Å². The predicted molar refractivity (Wildman–Crippen MR) is 47.0 cm³/mol. The van der Waals surface area contributed by atoms with Gasteiger partial charge in [-0.15, -0.1) is 0 Å². The summed E-state index contributed by atoms with van der Waals surface area (Å²) < 4.78 is 12.4. The van der Waals surface area contributed by atoms with Gasteiger partial charge >= 0.3 is 0 Å². The van der Waals surface area contributed by atoms with Gasteiger partial charge in [-0.3, -0.25) is 0 Å². The van der Waals surface area contributed by atoms with E-state index in [1.165, 1.54) is 12.1 Å². The lowest BCUT2D eigenvalue weighted by Crippen LogP contribution is -1.79. The van der Waals surface area contributed by atoms with Crippen molar-refractivity contribution in [2.75, 3.05) is 0 Å². The zero-order valence-electron chi connectivity index (χ0n) is 5.02. The summed E-state index contributed by atoms with van der Waals surface area (Å²) in [6, 6.07) is 6.32. The molecular weight excluding hydrogens is 263 g/mol. The van der Waals surface area contributed by atoms with Crippen molar-refractivity contribution in [3.63, 3.8) is 0 Å². The molecule has 0 nitrogen and oxygen atoms in total. The van der Waals surface area contributed by atoms with Gasteiger partial charge in [-0.05, 0) is 17.7 Å². The first-order valence-electron chi connectivity index (χ1n) is 2.74. The maximum absolute atomic E-state index is 12.3. The highest BCUT2D eigenvalue weighted by molar-refractivity contribution is 9.24. The monoisotopic (exact) mass is 266 g/mol. The fourth-order valence-corrected chi connectivity index (χ4v) is 1.22. The summed E-state index contributed by atoms with van der Waals surface area (Å²) in [6.45, 7) is 0. The molecular formula is C7H5Br2F. The van der Waals surface area contributed by atoms with Crippen molar-refractivity contribution >= 4 is 31.9 Å². The van der Waals surface area contributed by atoms with Gasteiger partial charge in [0.25, 0.3) is 0 Å². The molecule has 0 heterocycles. The SMILES string of the molecule is Fc1ccc(C(Br)Br)cc1. The van der Waals surface area contributed by atoms with Crippen LogP contribution in [0.3, 0.4) is 0 Å². The quantitative estimate of drug-likeness (QED) is 0.682. The molecule has 0 radical (unpaired) electrons. The number of hydrogen-bond acceptors (Lipinski definition) is 0. The van der Waals surface area contributed by atoms with E-state index in [4.69, 9.17) is 0 Å². The van der Waals surface area contributed by atoms with Gasteiger partial charge < -0.3 is 0 Å². The van der Waals surface area contributed by atoms with Gasteiger partial charge in [0.1, 0.15) is 5.82 Å². The van der Waals surface area contributed by atoms with E-state index in [-0.39, 0.29) is 9.55 Å². The van der Waals surface area contributed by atoms with Crippen molar-refractivity contribution in [2.24, 2.45) is 0 Å². The lowest BCUT2D eigenvalue weighted by atomic mass is 10.2. The molecule has 0 aromatic heterocycles. The maximum Gasteiger partial charge on any atom is 0.123 e. The Balaban J connectivity index is 2.89. The topological polar surface area (TPSA) is 0 Å². The number of halogens is 3. The zero-order valence-corrected chi connectivity index (χ0v) is 8.19. The van der Waals surface area contributed by atoms with Crippen molar-refractivity contribution < 1.29 is 4.39 Å². The molecule has 0 aliphatic heterocycles. The summed E-state index contributed by atoms with van der Waals surface area (Å²) >= 11 is 6.60. The minimum Gasteiger partial charge on any atom is -0.207 e. The molecule has 0 N–H and O–H groups in total. The number of rotatable bonds is 1. The molecule has 0 saturated heterocycles. The third-order valence-corrected chi connectivity index (χ3v) is 2.18. The zero-order chi connectivity index (χ0) is 7.56. The van der Waals surface area contributed by atoms with Gasteiger partial charge in [0, 0.05) is 0 Å². The second-order valence-corrected chi connectivity index (χ2v) is 4.91. The van der Waals surface area contributed by atoms with E-state index in [1.54, 1.807) is 12.1 Å². The standard InChI is InChI=1S/C7H5Br2F/c8-7(9)5-1-3-6(10)4-2-5/h1-4,7H. The minimum absolute atomic E-state index is 0.112. The molecule has 54 valence electrons. The third kappa shape index (κ3) is 2.06. The average molecular weight is 268 g/mol. The van der Waals surface area contributed by atoms with E-state index in [0.717, 1.165) is 5.56 Å².